The van der Waals surface area contributed by atoms with Crippen molar-refractivity contribution in [1.29, 1.82) is 0 Å². The first-order valence-electron chi connectivity index (χ1n) is 4.24. The van der Waals surface area contributed by atoms with Gasteiger partial charge < -0.3 is 9.47 Å². The maximum absolute atomic E-state index is 11.2. The van der Waals surface area contributed by atoms with Gasteiger partial charge in [0.15, 0.2) is 0 Å². The van der Waals surface area contributed by atoms with Crippen LogP contribution in [0.3, 0.4) is 0 Å². The SMILES string of the molecule is CC1(C)OC(=O)C=C(c2cccs2)O1. The lowest BCUT2D eigenvalue weighted by Crippen LogP contribution is -2.33. The van der Waals surface area contributed by atoms with Crippen molar-refractivity contribution in [2.45, 2.75) is 19.6 Å². The molecule has 4 heteroatoms. The Morgan fingerprint density at radius 3 is 2.71 bits per heavy atom. The molecule has 74 valence electrons. The molecule has 0 aliphatic carbocycles. The number of rotatable bonds is 1. The molecule has 0 saturated carbocycles. The predicted molar refractivity (Wildman–Crippen MR) is 53.6 cm³/mol. The van der Waals surface area contributed by atoms with Crippen molar-refractivity contribution in [3.63, 3.8) is 0 Å². The van der Waals surface area contributed by atoms with Crippen LogP contribution in [0.1, 0.15) is 18.7 Å². The summed E-state index contributed by atoms with van der Waals surface area (Å²) in [5.41, 5.74) is 0. The third kappa shape index (κ3) is 1.80. The largest absolute Gasteiger partial charge is 0.451 e. The third-order valence-corrected chi connectivity index (χ3v) is 2.60. The van der Waals surface area contributed by atoms with Gasteiger partial charge in [-0.1, -0.05) is 6.07 Å². The maximum Gasteiger partial charge on any atom is 0.337 e. The molecule has 0 fully saturated rings. The first-order valence-corrected chi connectivity index (χ1v) is 5.12. The van der Waals surface area contributed by atoms with Crippen LogP contribution >= 0.6 is 11.3 Å². The molecule has 0 bridgehead atoms. The van der Waals surface area contributed by atoms with E-state index in [0.29, 0.717) is 5.76 Å². The highest BCUT2D eigenvalue weighted by Gasteiger charge is 2.30. The van der Waals surface area contributed by atoms with Crippen LogP contribution < -0.4 is 0 Å². The Bertz CT molecular complexity index is 376. The van der Waals surface area contributed by atoms with Crippen molar-refractivity contribution in [3.8, 4) is 0 Å². The fourth-order valence-corrected chi connectivity index (χ4v) is 1.91. The highest BCUT2D eigenvalue weighted by atomic mass is 32.1. The second kappa shape index (κ2) is 3.13. The van der Waals surface area contributed by atoms with Crippen molar-refractivity contribution in [2.75, 3.05) is 0 Å². The minimum absolute atomic E-state index is 0.357. The molecule has 0 unspecified atom stereocenters. The van der Waals surface area contributed by atoms with Crippen LogP contribution in [0.2, 0.25) is 0 Å². The fourth-order valence-electron chi connectivity index (χ4n) is 1.23. The molecule has 1 aliphatic heterocycles. The van der Waals surface area contributed by atoms with E-state index in [2.05, 4.69) is 0 Å². The molecule has 3 nitrogen and oxygen atoms in total. The van der Waals surface area contributed by atoms with Gasteiger partial charge in [0.2, 0.25) is 5.79 Å². The zero-order chi connectivity index (χ0) is 10.2. The van der Waals surface area contributed by atoms with Gasteiger partial charge in [-0.25, -0.2) is 4.79 Å². The Hall–Kier alpha value is -1.29. The number of hydrogen-bond acceptors (Lipinski definition) is 4. The third-order valence-electron chi connectivity index (χ3n) is 1.72. The highest BCUT2D eigenvalue weighted by Crippen LogP contribution is 2.30. The molecular formula is C10H10O3S. The van der Waals surface area contributed by atoms with Gasteiger partial charge in [0, 0.05) is 13.8 Å². The summed E-state index contributed by atoms with van der Waals surface area (Å²) in [5, 5.41) is 1.94. The molecule has 0 radical (unpaired) electrons. The lowest BCUT2D eigenvalue weighted by Gasteiger charge is -2.30. The van der Waals surface area contributed by atoms with Crippen LogP contribution in [0.5, 0.6) is 0 Å². The first-order chi connectivity index (χ1) is 6.57. The van der Waals surface area contributed by atoms with Crippen LogP contribution in [-0.4, -0.2) is 11.8 Å². The Morgan fingerprint density at radius 2 is 2.14 bits per heavy atom. The second-order valence-electron chi connectivity index (χ2n) is 3.41. The van der Waals surface area contributed by atoms with E-state index >= 15 is 0 Å². The molecular weight excluding hydrogens is 200 g/mol. The molecule has 1 aromatic rings. The standard InChI is InChI=1S/C10H10O3S/c1-10(2)12-7(6-9(11)13-10)8-4-3-5-14-8/h3-6H,1-2H3. The summed E-state index contributed by atoms with van der Waals surface area (Å²) in [7, 11) is 0. The van der Waals surface area contributed by atoms with Gasteiger partial charge in [0.05, 0.1) is 11.0 Å². The quantitative estimate of drug-likeness (QED) is 0.668. The van der Waals surface area contributed by atoms with E-state index in [0.717, 1.165) is 4.88 Å². The number of carbonyl (C=O) groups is 1. The van der Waals surface area contributed by atoms with Gasteiger partial charge in [0.1, 0.15) is 5.76 Å². The molecule has 0 spiro atoms. The zero-order valence-electron chi connectivity index (χ0n) is 7.94. The van der Waals surface area contributed by atoms with E-state index in [1.807, 2.05) is 17.5 Å². The van der Waals surface area contributed by atoms with Gasteiger partial charge in [-0.15, -0.1) is 11.3 Å². The van der Waals surface area contributed by atoms with E-state index in [9.17, 15) is 4.79 Å². The van der Waals surface area contributed by atoms with Crippen molar-refractivity contribution >= 4 is 23.1 Å². The van der Waals surface area contributed by atoms with E-state index in [4.69, 9.17) is 9.47 Å². The zero-order valence-corrected chi connectivity index (χ0v) is 8.76. The molecule has 0 saturated heterocycles. The highest BCUT2D eigenvalue weighted by molar-refractivity contribution is 7.11. The summed E-state index contributed by atoms with van der Waals surface area (Å²) in [6.07, 6.45) is 1.37. The minimum Gasteiger partial charge on any atom is -0.451 e. The normalized spacial score (nSPS) is 19.6. The number of cyclic esters (lactones) is 1. The number of ether oxygens (including phenoxy) is 2. The van der Waals surface area contributed by atoms with Crippen molar-refractivity contribution in [2.24, 2.45) is 0 Å². The monoisotopic (exact) mass is 210 g/mol. The molecule has 0 N–H and O–H groups in total. The number of hydrogen-bond donors (Lipinski definition) is 0. The summed E-state index contributed by atoms with van der Waals surface area (Å²) in [4.78, 5) is 12.1. The maximum atomic E-state index is 11.2. The van der Waals surface area contributed by atoms with E-state index in [1.165, 1.54) is 17.4 Å². The molecule has 2 heterocycles. The molecule has 0 amide bonds. The fraction of sp³-hybridized carbons (Fsp3) is 0.300. The van der Waals surface area contributed by atoms with E-state index in [-0.39, 0.29) is 5.97 Å². The Kier molecular flexibility index (Phi) is 2.07. The smallest absolute Gasteiger partial charge is 0.337 e. The molecule has 1 aliphatic rings. The lowest BCUT2D eigenvalue weighted by atomic mass is 10.3. The molecule has 2 rings (SSSR count). The number of carbonyl (C=O) groups excluding carboxylic acids is 1. The Morgan fingerprint density at radius 1 is 1.36 bits per heavy atom. The van der Waals surface area contributed by atoms with Crippen molar-refractivity contribution in [3.05, 3.63) is 28.5 Å². The average Bonchev–Trinajstić information content (AvgIpc) is 2.51. The number of esters is 1. The van der Waals surface area contributed by atoms with Crippen LogP contribution in [0.15, 0.2) is 23.6 Å². The predicted octanol–water partition coefficient (Wildman–Crippen LogP) is 2.40. The first kappa shape index (κ1) is 9.27. The van der Waals surface area contributed by atoms with Gasteiger partial charge >= 0.3 is 5.97 Å². The van der Waals surface area contributed by atoms with Gasteiger partial charge in [-0.2, -0.15) is 0 Å². The average molecular weight is 210 g/mol. The van der Waals surface area contributed by atoms with Gasteiger partial charge in [-0.05, 0) is 11.4 Å². The van der Waals surface area contributed by atoms with Crippen molar-refractivity contribution < 1.29 is 14.3 Å². The van der Waals surface area contributed by atoms with Gasteiger partial charge in [0.25, 0.3) is 0 Å². The van der Waals surface area contributed by atoms with Crippen LogP contribution in [0.25, 0.3) is 5.76 Å². The molecule has 14 heavy (non-hydrogen) atoms. The topological polar surface area (TPSA) is 35.5 Å². The molecule has 0 aromatic carbocycles. The molecule has 1 aromatic heterocycles. The summed E-state index contributed by atoms with van der Waals surface area (Å²) in [6, 6.07) is 3.82. The van der Waals surface area contributed by atoms with Crippen LogP contribution in [-0.2, 0) is 14.3 Å². The van der Waals surface area contributed by atoms with Gasteiger partial charge in [-0.3, -0.25) is 0 Å². The summed E-state index contributed by atoms with van der Waals surface area (Å²) < 4.78 is 10.5. The second-order valence-corrected chi connectivity index (χ2v) is 4.36. The van der Waals surface area contributed by atoms with Crippen LogP contribution in [0, 0.1) is 0 Å². The summed E-state index contributed by atoms with van der Waals surface area (Å²) in [6.45, 7) is 3.43. The van der Waals surface area contributed by atoms with E-state index < -0.39 is 5.79 Å². The summed E-state index contributed by atoms with van der Waals surface area (Å²) in [5.74, 6) is -0.642. The van der Waals surface area contributed by atoms with Crippen molar-refractivity contribution in [1.82, 2.24) is 0 Å². The molecule has 0 atom stereocenters. The van der Waals surface area contributed by atoms with E-state index in [1.54, 1.807) is 13.8 Å². The Balaban J connectivity index is 2.33. The lowest BCUT2D eigenvalue weighted by molar-refractivity contribution is -0.193. The van der Waals surface area contributed by atoms with Crippen LogP contribution in [0.4, 0.5) is 0 Å². The summed E-state index contributed by atoms with van der Waals surface area (Å²) >= 11 is 1.53. The Labute approximate surface area is 86.0 Å². The number of thiophene rings is 1. The minimum atomic E-state index is -0.870.